The number of fused-ring (bicyclic) bond motifs is 1. The number of hydrogen-bond donors (Lipinski definition) is 3. The van der Waals surface area contributed by atoms with E-state index in [9.17, 15) is 13.2 Å². The molecule has 1 aliphatic rings. The van der Waals surface area contributed by atoms with Crippen LogP contribution < -0.4 is 20.3 Å². The molecule has 2 aromatic carbocycles. The summed E-state index contributed by atoms with van der Waals surface area (Å²) in [7, 11) is -3.82. The molecule has 3 rings (SSSR count). The summed E-state index contributed by atoms with van der Waals surface area (Å²) in [6, 6.07) is 12.3. The zero-order valence-electron chi connectivity index (χ0n) is 13.8. The van der Waals surface area contributed by atoms with Crippen LogP contribution in [0.25, 0.3) is 0 Å². The van der Waals surface area contributed by atoms with Crippen LogP contribution in [0.1, 0.15) is 18.0 Å². The van der Waals surface area contributed by atoms with Gasteiger partial charge in [-0.3, -0.25) is 14.3 Å². The number of ether oxygens (including phenoxy) is 1. The molecule has 8 nitrogen and oxygen atoms in total. The maximum absolute atomic E-state index is 13.0. The Balaban J connectivity index is 2.01. The van der Waals surface area contributed by atoms with Gasteiger partial charge in [-0.25, -0.2) is 13.9 Å². The molecule has 138 valence electrons. The molecule has 1 atom stereocenters. The zero-order valence-corrected chi connectivity index (χ0v) is 14.6. The van der Waals surface area contributed by atoms with Crippen molar-refractivity contribution >= 4 is 21.6 Å². The molecule has 0 spiro atoms. The number of anilines is 1. The molecule has 0 saturated carbocycles. The lowest BCUT2D eigenvalue weighted by atomic mass is 10.0. The van der Waals surface area contributed by atoms with E-state index in [1.807, 2.05) is 0 Å². The molecule has 0 bridgehead atoms. The first-order valence-electron chi connectivity index (χ1n) is 7.98. The van der Waals surface area contributed by atoms with Gasteiger partial charge in [-0.05, 0) is 35.9 Å². The summed E-state index contributed by atoms with van der Waals surface area (Å²) in [4.78, 5) is 11.9. The molecule has 1 aliphatic heterocycles. The lowest BCUT2D eigenvalue weighted by Crippen LogP contribution is -2.32. The molecule has 26 heavy (non-hydrogen) atoms. The molecule has 4 N–H and O–H groups in total. The number of hydroxylamine groups is 1. The maximum Gasteiger partial charge on any atom is 0.265 e. The average Bonchev–Trinajstić information content (AvgIpc) is 2.87. The van der Waals surface area contributed by atoms with E-state index in [2.05, 4.69) is 0 Å². The van der Waals surface area contributed by atoms with E-state index in [1.54, 1.807) is 47.9 Å². The summed E-state index contributed by atoms with van der Waals surface area (Å²) in [5, 5.41) is 8.85. The second kappa shape index (κ2) is 7.32. The highest BCUT2D eigenvalue weighted by Crippen LogP contribution is 2.44. The minimum absolute atomic E-state index is 0.152. The average molecular weight is 377 g/mol. The van der Waals surface area contributed by atoms with E-state index in [-0.39, 0.29) is 11.3 Å². The minimum atomic E-state index is -3.82. The van der Waals surface area contributed by atoms with Crippen molar-refractivity contribution in [1.82, 2.24) is 5.48 Å². The van der Waals surface area contributed by atoms with Crippen molar-refractivity contribution in [3.8, 4) is 5.75 Å². The number of nitrogens with one attached hydrogen (secondary N) is 1. The number of nitrogens with zero attached hydrogens (tertiary/aromatic N) is 1. The fraction of sp³-hybridized carbons (Fsp3) is 0.235. The van der Waals surface area contributed by atoms with E-state index >= 15 is 0 Å². The molecular formula is C17H19N3O5S. The maximum atomic E-state index is 13.0. The van der Waals surface area contributed by atoms with Gasteiger partial charge in [-0.2, -0.15) is 0 Å². The third kappa shape index (κ3) is 3.24. The fourth-order valence-electron chi connectivity index (χ4n) is 2.99. The highest BCUT2D eigenvalue weighted by molar-refractivity contribution is 7.93. The van der Waals surface area contributed by atoms with Crippen molar-refractivity contribution in [2.24, 2.45) is 5.73 Å². The number of sulfonamides is 1. The monoisotopic (exact) mass is 377 g/mol. The predicted molar refractivity (Wildman–Crippen MR) is 94.4 cm³/mol. The van der Waals surface area contributed by atoms with Crippen LogP contribution in [0, 0.1) is 0 Å². The molecule has 2 aromatic rings. The molecule has 0 radical (unpaired) electrons. The Morgan fingerprint density at radius 3 is 2.54 bits per heavy atom. The quantitative estimate of drug-likeness (QED) is 0.513. The first-order chi connectivity index (χ1) is 12.5. The lowest BCUT2D eigenvalue weighted by molar-refractivity contribution is -0.129. The number of nitrogens with two attached hydrogens (primary N) is 1. The Morgan fingerprint density at radius 2 is 1.88 bits per heavy atom. The SMILES string of the molecule is NCCOc1ccc(N2C(CC(=O)NO)c3ccccc3S2(=O)=O)cc1. The number of carbonyl (C=O) groups excluding carboxylic acids is 1. The summed E-state index contributed by atoms with van der Waals surface area (Å²) in [6.07, 6.45) is -0.210. The lowest BCUT2D eigenvalue weighted by Gasteiger charge is -2.25. The third-order valence-corrected chi connectivity index (χ3v) is 5.99. The molecule has 0 fully saturated rings. The molecule has 1 amide bonds. The van der Waals surface area contributed by atoms with Crippen molar-refractivity contribution in [1.29, 1.82) is 0 Å². The summed E-state index contributed by atoms with van der Waals surface area (Å²) >= 11 is 0. The van der Waals surface area contributed by atoms with Gasteiger partial charge in [0.05, 0.1) is 23.0 Å². The first-order valence-corrected chi connectivity index (χ1v) is 9.42. The Labute approximate surface area is 151 Å². The molecule has 0 saturated heterocycles. The summed E-state index contributed by atoms with van der Waals surface area (Å²) in [5.74, 6) is -0.104. The van der Waals surface area contributed by atoms with E-state index < -0.39 is 22.0 Å². The van der Waals surface area contributed by atoms with Crippen LogP contribution in [0.2, 0.25) is 0 Å². The van der Waals surface area contributed by atoms with Gasteiger partial charge < -0.3 is 10.5 Å². The smallest absolute Gasteiger partial charge is 0.265 e. The largest absolute Gasteiger partial charge is 0.492 e. The van der Waals surface area contributed by atoms with Gasteiger partial charge in [-0.15, -0.1) is 0 Å². The summed E-state index contributed by atoms with van der Waals surface area (Å²) in [5.41, 5.74) is 7.87. The first kappa shape index (κ1) is 18.2. The molecule has 9 heteroatoms. The van der Waals surface area contributed by atoms with Gasteiger partial charge in [0, 0.05) is 6.54 Å². The molecular weight excluding hydrogens is 358 g/mol. The molecule has 0 aromatic heterocycles. The molecule has 0 aliphatic carbocycles. The fourth-order valence-corrected chi connectivity index (χ4v) is 4.88. The Kier molecular flexibility index (Phi) is 5.12. The second-order valence-corrected chi connectivity index (χ2v) is 7.51. The number of rotatable bonds is 6. The number of amides is 1. The van der Waals surface area contributed by atoms with Crippen LogP contribution in [0.3, 0.4) is 0 Å². The zero-order chi connectivity index (χ0) is 18.7. The second-order valence-electron chi connectivity index (χ2n) is 5.72. The van der Waals surface area contributed by atoms with Crippen LogP contribution in [-0.4, -0.2) is 32.7 Å². The van der Waals surface area contributed by atoms with E-state index in [0.29, 0.717) is 30.2 Å². The minimum Gasteiger partial charge on any atom is -0.492 e. The van der Waals surface area contributed by atoms with Crippen molar-refractivity contribution in [2.75, 3.05) is 17.5 Å². The molecule has 1 heterocycles. The Hall–Kier alpha value is -2.62. The molecule has 1 unspecified atom stereocenters. The topological polar surface area (TPSA) is 122 Å². The summed E-state index contributed by atoms with van der Waals surface area (Å²) < 4.78 is 32.6. The van der Waals surface area contributed by atoms with E-state index in [0.717, 1.165) is 0 Å². The van der Waals surface area contributed by atoms with E-state index in [4.69, 9.17) is 15.7 Å². The normalized spacial score (nSPS) is 17.6. The van der Waals surface area contributed by atoms with Gasteiger partial charge in [0.1, 0.15) is 12.4 Å². The van der Waals surface area contributed by atoms with Gasteiger partial charge >= 0.3 is 0 Å². The Bertz CT molecular complexity index is 899. The van der Waals surface area contributed by atoms with Crippen molar-refractivity contribution in [3.63, 3.8) is 0 Å². The van der Waals surface area contributed by atoms with Gasteiger partial charge in [0.15, 0.2) is 0 Å². The number of hydrogen-bond acceptors (Lipinski definition) is 6. The standard InChI is InChI=1S/C17H19N3O5S/c18-9-10-25-13-7-5-12(6-8-13)20-15(11-17(21)19-22)14-3-1-2-4-16(14)26(20,23)24/h1-8,15,22H,9-11,18H2,(H,19,21). The van der Waals surface area contributed by atoms with Crippen molar-refractivity contribution in [2.45, 2.75) is 17.4 Å². The summed E-state index contributed by atoms with van der Waals surface area (Å²) in [6.45, 7) is 0.724. The van der Waals surface area contributed by atoms with Gasteiger partial charge in [0.2, 0.25) is 5.91 Å². The van der Waals surface area contributed by atoms with Gasteiger partial charge in [0.25, 0.3) is 10.0 Å². The number of carbonyl (C=O) groups is 1. The highest BCUT2D eigenvalue weighted by Gasteiger charge is 2.43. The van der Waals surface area contributed by atoms with Crippen molar-refractivity contribution < 1.29 is 23.2 Å². The van der Waals surface area contributed by atoms with Crippen LogP contribution in [0.4, 0.5) is 5.69 Å². The predicted octanol–water partition coefficient (Wildman–Crippen LogP) is 1.17. The Morgan fingerprint density at radius 1 is 1.19 bits per heavy atom. The van der Waals surface area contributed by atoms with Crippen LogP contribution >= 0.6 is 0 Å². The van der Waals surface area contributed by atoms with Crippen LogP contribution in [0.15, 0.2) is 53.4 Å². The van der Waals surface area contributed by atoms with Crippen LogP contribution in [0.5, 0.6) is 5.75 Å². The van der Waals surface area contributed by atoms with E-state index in [1.165, 1.54) is 10.4 Å². The van der Waals surface area contributed by atoms with Gasteiger partial charge in [-0.1, -0.05) is 18.2 Å². The van der Waals surface area contributed by atoms with Crippen molar-refractivity contribution in [3.05, 3.63) is 54.1 Å². The third-order valence-electron chi connectivity index (χ3n) is 4.08. The number of benzene rings is 2. The van der Waals surface area contributed by atoms with Crippen LogP contribution in [-0.2, 0) is 14.8 Å². The highest BCUT2D eigenvalue weighted by atomic mass is 32.2.